The van der Waals surface area contributed by atoms with Crippen molar-refractivity contribution in [1.29, 1.82) is 0 Å². The molecule has 2 heterocycles. The summed E-state index contributed by atoms with van der Waals surface area (Å²) in [6, 6.07) is 25.9. The number of benzene rings is 3. The topological polar surface area (TPSA) is 123 Å². The van der Waals surface area contributed by atoms with Gasteiger partial charge in [0, 0.05) is 12.7 Å². The number of H-pyrrole nitrogens is 2. The lowest BCUT2D eigenvalue weighted by Gasteiger charge is -2.14. The van der Waals surface area contributed by atoms with E-state index >= 15 is 0 Å². The van der Waals surface area contributed by atoms with Crippen LogP contribution >= 0.6 is 0 Å². The molecule has 1 amide bonds. The molecule has 36 heavy (non-hydrogen) atoms. The van der Waals surface area contributed by atoms with Crippen molar-refractivity contribution >= 4 is 28.3 Å². The molecule has 5 N–H and O–H groups in total. The van der Waals surface area contributed by atoms with Crippen LogP contribution in [0.1, 0.15) is 17.2 Å². The maximum Gasteiger partial charge on any atom is 0.261 e. The number of aromatic amines is 2. The van der Waals surface area contributed by atoms with Crippen LogP contribution in [0.25, 0.3) is 22.4 Å². The smallest absolute Gasteiger partial charge is 0.261 e. The maximum absolute atomic E-state index is 12.8. The molecule has 0 saturated heterocycles. The standard InChI is InChI=1S/C28H25N5O3/c34-23(19-10-5-2-6-11-19)17-30-20-14-15-29-28(36)25(20)27-32-22-13-7-12-21(26(22)33-27)31-24(35)16-18-8-3-1-4-9-18/h1-15,23,34H,16-17H2,(H,31,35)(H,32,33)(H2,29,30,36). The van der Waals surface area contributed by atoms with E-state index in [4.69, 9.17) is 0 Å². The Morgan fingerprint density at radius 1 is 0.917 bits per heavy atom. The van der Waals surface area contributed by atoms with Gasteiger partial charge in [0.15, 0.2) is 0 Å². The Hall–Kier alpha value is -4.69. The summed E-state index contributed by atoms with van der Waals surface area (Å²) in [5.74, 6) is 0.202. The average Bonchev–Trinajstić information content (AvgIpc) is 3.33. The second-order valence-electron chi connectivity index (χ2n) is 8.40. The van der Waals surface area contributed by atoms with Crippen LogP contribution in [0.3, 0.4) is 0 Å². The van der Waals surface area contributed by atoms with Crippen LogP contribution < -0.4 is 16.2 Å². The van der Waals surface area contributed by atoms with Gasteiger partial charge in [0.2, 0.25) is 5.91 Å². The SMILES string of the molecule is O=C(Cc1ccccc1)Nc1cccc2nc(-c3c(NCC(O)c4ccccc4)cc[nH]c3=O)[nH]c12. The zero-order valence-electron chi connectivity index (χ0n) is 19.4. The molecule has 0 bridgehead atoms. The van der Waals surface area contributed by atoms with Crippen molar-refractivity contribution in [2.75, 3.05) is 17.2 Å². The van der Waals surface area contributed by atoms with Gasteiger partial charge in [0.25, 0.3) is 5.56 Å². The number of fused-ring (bicyclic) bond motifs is 1. The fourth-order valence-electron chi connectivity index (χ4n) is 4.09. The molecule has 2 aromatic heterocycles. The van der Waals surface area contributed by atoms with Crippen molar-refractivity contribution in [2.45, 2.75) is 12.5 Å². The summed E-state index contributed by atoms with van der Waals surface area (Å²) in [5, 5.41) is 16.7. The van der Waals surface area contributed by atoms with Crippen LogP contribution in [-0.2, 0) is 11.2 Å². The summed E-state index contributed by atoms with van der Waals surface area (Å²) in [6.07, 6.45) is 1.04. The van der Waals surface area contributed by atoms with E-state index < -0.39 is 6.10 Å². The number of nitrogens with zero attached hydrogens (tertiary/aromatic N) is 1. The van der Waals surface area contributed by atoms with Crippen LogP contribution in [0.2, 0.25) is 0 Å². The normalized spacial score (nSPS) is 11.8. The highest BCUT2D eigenvalue weighted by Gasteiger charge is 2.17. The molecule has 0 aliphatic rings. The first-order valence-electron chi connectivity index (χ1n) is 11.6. The zero-order valence-corrected chi connectivity index (χ0v) is 19.4. The quantitative estimate of drug-likeness (QED) is 0.228. The Balaban J connectivity index is 1.41. The van der Waals surface area contributed by atoms with Crippen LogP contribution in [0, 0.1) is 0 Å². The molecular formula is C28H25N5O3. The minimum atomic E-state index is -0.750. The molecule has 0 aliphatic heterocycles. The predicted octanol–water partition coefficient (Wildman–Crippen LogP) is 4.24. The van der Waals surface area contributed by atoms with E-state index in [0.29, 0.717) is 33.8 Å². The number of anilines is 2. The van der Waals surface area contributed by atoms with E-state index in [1.165, 1.54) is 0 Å². The molecule has 0 fully saturated rings. The average molecular weight is 480 g/mol. The van der Waals surface area contributed by atoms with Gasteiger partial charge in [0.05, 0.1) is 34.9 Å². The fourth-order valence-corrected chi connectivity index (χ4v) is 4.09. The third-order valence-electron chi connectivity index (χ3n) is 5.87. The zero-order chi connectivity index (χ0) is 24.9. The van der Waals surface area contributed by atoms with E-state index in [1.54, 1.807) is 24.4 Å². The Morgan fingerprint density at radius 2 is 1.67 bits per heavy atom. The first-order chi connectivity index (χ1) is 17.6. The number of aliphatic hydroxyl groups excluding tert-OH is 1. The number of amides is 1. The highest BCUT2D eigenvalue weighted by molar-refractivity contribution is 6.01. The number of carbonyl (C=O) groups is 1. The van der Waals surface area contributed by atoms with Crippen molar-refractivity contribution in [2.24, 2.45) is 0 Å². The summed E-state index contributed by atoms with van der Waals surface area (Å²) in [5.41, 5.74) is 4.01. The van der Waals surface area contributed by atoms with Gasteiger partial charge in [-0.15, -0.1) is 0 Å². The molecule has 1 atom stereocenters. The predicted molar refractivity (Wildman–Crippen MR) is 141 cm³/mol. The third-order valence-corrected chi connectivity index (χ3v) is 5.87. The van der Waals surface area contributed by atoms with Crippen molar-refractivity contribution < 1.29 is 9.90 Å². The molecule has 0 aliphatic carbocycles. The van der Waals surface area contributed by atoms with Gasteiger partial charge in [-0.3, -0.25) is 9.59 Å². The second kappa shape index (κ2) is 10.3. The number of rotatable bonds is 8. The number of pyridine rings is 1. The number of hydrogen-bond donors (Lipinski definition) is 5. The second-order valence-corrected chi connectivity index (χ2v) is 8.40. The molecule has 8 nitrogen and oxygen atoms in total. The monoisotopic (exact) mass is 479 g/mol. The molecule has 8 heteroatoms. The third kappa shape index (κ3) is 5.03. The van der Waals surface area contributed by atoms with Gasteiger partial charge in [0.1, 0.15) is 11.4 Å². The molecule has 0 spiro atoms. The fraction of sp³-hybridized carbons (Fsp3) is 0.107. The van der Waals surface area contributed by atoms with Gasteiger partial charge >= 0.3 is 0 Å². The van der Waals surface area contributed by atoms with E-state index in [-0.39, 0.29) is 24.4 Å². The Kier molecular flexibility index (Phi) is 6.59. The van der Waals surface area contributed by atoms with Crippen molar-refractivity contribution in [3.05, 3.63) is 113 Å². The summed E-state index contributed by atoms with van der Waals surface area (Å²) in [6.45, 7) is 0.210. The summed E-state index contributed by atoms with van der Waals surface area (Å²) in [7, 11) is 0. The van der Waals surface area contributed by atoms with Gasteiger partial charge < -0.3 is 25.7 Å². The number of nitrogens with one attached hydrogen (secondary N) is 4. The minimum Gasteiger partial charge on any atom is -0.387 e. The lowest BCUT2D eigenvalue weighted by molar-refractivity contribution is -0.115. The number of para-hydroxylation sites is 1. The number of carbonyl (C=O) groups excluding carboxylic acids is 1. The van der Waals surface area contributed by atoms with Gasteiger partial charge in [-0.25, -0.2) is 4.98 Å². The highest BCUT2D eigenvalue weighted by Crippen LogP contribution is 2.28. The molecule has 5 rings (SSSR count). The number of aliphatic hydroxyl groups is 1. The van der Waals surface area contributed by atoms with Gasteiger partial charge in [-0.2, -0.15) is 0 Å². The largest absolute Gasteiger partial charge is 0.387 e. The minimum absolute atomic E-state index is 0.153. The van der Waals surface area contributed by atoms with E-state index in [2.05, 4.69) is 25.6 Å². The lowest BCUT2D eigenvalue weighted by atomic mass is 10.1. The number of imidazole rings is 1. The lowest BCUT2D eigenvalue weighted by Crippen LogP contribution is -2.17. The van der Waals surface area contributed by atoms with Crippen LogP contribution in [0.4, 0.5) is 11.4 Å². The summed E-state index contributed by atoms with van der Waals surface area (Å²) >= 11 is 0. The van der Waals surface area contributed by atoms with Gasteiger partial charge in [-0.1, -0.05) is 66.7 Å². The molecule has 0 saturated carbocycles. The Morgan fingerprint density at radius 3 is 2.44 bits per heavy atom. The molecule has 1 unspecified atom stereocenters. The van der Waals surface area contributed by atoms with Gasteiger partial charge in [-0.05, 0) is 29.3 Å². The van der Waals surface area contributed by atoms with E-state index in [9.17, 15) is 14.7 Å². The Bertz CT molecular complexity index is 1540. The highest BCUT2D eigenvalue weighted by atomic mass is 16.3. The van der Waals surface area contributed by atoms with Crippen LogP contribution in [0.15, 0.2) is 95.9 Å². The first-order valence-corrected chi connectivity index (χ1v) is 11.6. The van der Waals surface area contributed by atoms with Crippen LogP contribution in [0.5, 0.6) is 0 Å². The molecule has 3 aromatic carbocycles. The molecule has 5 aromatic rings. The molecule has 0 radical (unpaired) electrons. The molecule has 180 valence electrons. The van der Waals surface area contributed by atoms with E-state index in [0.717, 1.165) is 11.1 Å². The number of hydrogen-bond acceptors (Lipinski definition) is 5. The van der Waals surface area contributed by atoms with Crippen LogP contribution in [-0.4, -0.2) is 32.5 Å². The van der Waals surface area contributed by atoms with Crippen molar-refractivity contribution in [3.8, 4) is 11.4 Å². The first kappa shape index (κ1) is 23.1. The summed E-state index contributed by atoms with van der Waals surface area (Å²) < 4.78 is 0. The number of aromatic nitrogens is 3. The van der Waals surface area contributed by atoms with Crippen molar-refractivity contribution in [1.82, 2.24) is 15.0 Å². The Labute approximate surface area is 207 Å². The van der Waals surface area contributed by atoms with E-state index in [1.807, 2.05) is 66.7 Å². The summed E-state index contributed by atoms with van der Waals surface area (Å²) in [4.78, 5) is 36.0. The maximum atomic E-state index is 12.8. The van der Waals surface area contributed by atoms with Crippen molar-refractivity contribution in [3.63, 3.8) is 0 Å². The molecular weight excluding hydrogens is 454 g/mol.